The third-order valence-electron chi connectivity index (χ3n) is 2.92. The van der Waals surface area contributed by atoms with E-state index in [2.05, 4.69) is 5.32 Å². The first kappa shape index (κ1) is 16.5. The molecule has 0 aliphatic rings. The molecule has 2 rings (SSSR count). The lowest BCUT2D eigenvalue weighted by atomic mass is 10.0. The first-order valence-corrected chi connectivity index (χ1v) is 7.18. The number of phenolic OH excluding ortho intramolecular Hbond substituents is 1. The summed E-state index contributed by atoms with van der Waals surface area (Å²) >= 11 is 0. The molecule has 0 radical (unpaired) electrons. The highest BCUT2D eigenvalue weighted by atomic mass is 16.6. The van der Waals surface area contributed by atoms with Crippen LogP contribution >= 0.6 is 0 Å². The van der Waals surface area contributed by atoms with Crippen molar-refractivity contribution in [1.82, 2.24) is 0 Å². The molecule has 0 fully saturated rings. The maximum atomic E-state index is 12.3. The Balaban J connectivity index is 2.06. The second-order valence-electron chi connectivity index (χ2n) is 6.08. The molecule has 0 atom stereocenters. The maximum absolute atomic E-state index is 12.3. The zero-order valence-electron chi connectivity index (χ0n) is 13.3. The number of hydrogen-bond acceptors (Lipinski definition) is 4. The van der Waals surface area contributed by atoms with Crippen molar-refractivity contribution in [2.75, 3.05) is 5.32 Å². The van der Waals surface area contributed by atoms with Crippen molar-refractivity contribution in [3.05, 3.63) is 59.7 Å². The smallest absolute Gasteiger partial charge is 0.412 e. The van der Waals surface area contributed by atoms with Crippen LogP contribution in [0, 0.1) is 0 Å². The molecule has 0 aliphatic heterocycles. The Morgan fingerprint density at radius 2 is 1.39 bits per heavy atom. The SMILES string of the molecule is CC(C)(C)OC(=O)Nc1ccc(C(=O)c2ccc(O)cc2)cc1. The van der Waals surface area contributed by atoms with E-state index in [0.29, 0.717) is 16.8 Å². The Bertz CT molecular complexity index is 697. The Kier molecular flexibility index (Phi) is 4.69. The molecule has 0 unspecified atom stereocenters. The van der Waals surface area contributed by atoms with Crippen LogP contribution in [-0.2, 0) is 4.74 Å². The van der Waals surface area contributed by atoms with Crippen LogP contribution in [-0.4, -0.2) is 22.6 Å². The molecule has 2 aromatic carbocycles. The Morgan fingerprint density at radius 1 is 0.913 bits per heavy atom. The third kappa shape index (κ3) is 4.85. The van der Waals surface area contributed by atoms with Crippen molar-refractivity contribution in [2.24, 2.45) is 0 Å². The normalized spacial score (nSPS) is 10.9. The van der Waals surface area contributed by atoms with Gasteiger partial charge in [-0.3, -0.25) is 10.1 Å². The van der Waals surface area contributed by atoms with Gasteiger partial charge in [0.15, 0.2) is 5.78 Å². The van der Waals surface area contributed by atoms with Gasteiger partial charge in [-0.25, -0.2) is 4.79 Å². The van der Waals surface area contributed by atoms with E-state index in [-0.39, 0.29) is 11.5 Å². The van der Waals surface area contributed by atoms with E-state index < -0.39 is 11.7 Å². The summed E-state index contributed by atoms with van der Waals surface area (Å²) in [6, 6.07) is 12.6. The first-order chi connectivity index (χ1) is 10.7. The largest absolute Gasteiger partial charge is 0.508 e. The van der Waals surface area contributed by atoms with Crippen molar-refractivity contribution in [3.63, 3.8) is 0 Å². The van der Waals surface area contributed by atoms with E-state index >= 15 is 0 Å². The van der Waals surface area contributed by atoms with Crippen LogP contribution in [0.1, 0.15) is 36.7 Å². The van der Waals surface area contributed by atoms with Crippen LogP contribution in [0.15, 0.2) is 48.5 Å². The average molecular weight is 313 g/mol. The molecule has 5 heteroatoms. The van der Waals surface area contributed by atoms with E-state index in [1.54, 1.807) is 57.2 Å². The minimum atomic E-state index is -0.571. The molecule has 0 aliphatic carbocycles. The van der Waals surface area contributed by atoms with Gasteiger partial charge >= 0.3 is 6.09 Å². The lowest BCUT2D eigenvalue weighted by Gasteiger charge is -2.19. The van der Waals surface area contributed by atoms with Crippen LogP contribution in [0.3, 0.4) is 0 Å². The van der Waals surface area contributed by atoms with Gasteiger partial charge < -0.3 is 9.84 Å². The van der Waals surface area contributed by atoms with Gasteiger partial charge in [-0.1, -0.05) is 0 Å². The molecule has 0 heterocycles. The van der Waals surface area contributed by atoms with E-state index in [1.165, 1.54) is 12.1 Å². The molecule has 120 valence electrons. The van der Waals surface area contributed by atoms with Crippen LogP contribution < -0.4 is 5.32 Å². The summed E-state index contributed by atoms with van der Waals surface area (Å²) in [5.41, 5.74) is 0.946. The number of ketones is 1. The Morgan fingerprint density at radius 3 is 1.87 bits per heavy atom. The molecular formula is C18H19NO4. The van der Waals surface area contributed by atoms with E-state index in [4.69, 9.17) is 4.74 Å². The fraction of sp³-hybridized carbons (Fsp3) is 0.222. The molecule has 23 heavy (non-hydrogen) atoms. The second kappa shape index (κ2) is 6.52. The van der Waals surface area contributed by atoms with Crippen molar-refractivity contribution < 1.29 is 19.4 Å². The molecule has 0 aromatic heterocycles. The highest BCUT2D eigenvalue weighted by Crippen LogP contribution is 2.17. The predicted molar refractivity (Wildman–Crippen MR) is 87.8 cm³/mol. The summed E-state index contributed by atoms with van der Waals surface area (Å²) in [5.74, 6) is -0.0488. The molecule has 0 saturated carbocycles. The van der Waals surface area contributed by atoms with Crippen molar-refractivity contribution in [3.8, 4) is 5.75 Å². The summed E-state index contributed by atoms with van der Waals surface area (Å²) in [6.07, 6.45) is -0.546. The predicted octanol–water partition coefficient (Wildman–Crippen LogP) is 3.97. The van der Waals surface area contributed by atoms with E-state index in [0.717, 1.165) is 0 Å². The standard InChI is InChI=1S/C18H19NO4/c1-18(2,3)23-17(22)19-14-8-4-12(5-9-14)16(21)13-6-10-15(20)11-7-13/h4-11,20H,1-3H3,(H,19,22). The zero-order valence-corrected chi connectivity index (χ0v) is 13.3. The number of ether oxygens (including phenoxy) is 1. The van der Waals surface area contributed by atoms with Crippen molar-refractivity contribution in [2.45, 2.75) is 26.4 Å². The molecule has 0 bridgehead atoms. The fourth-order valence-electron chi connectivity index (χ4n) is 1.91. The summed E-state index contributed by atoms with van der Waals surface area (Å²) in [5, 5.41) is 11.9. The number of rotatable bonds is 3. The third-order valence-corrected chi connectivity index (χ3v) is 2.92. The van der Waals surface area contributed by atoms with E-state index in [9.17, 15) is 14.7 Å². The van der Waals surface area contributed by atoms with Crippen LogP contribution in [0.5, 0.6) is 5.75 Å². The topological polar surface area (TPSA) is 75.6 Å². The molecular weight excluding hydrogens is 294 g/mol. The molecule has 1 amide bonds. The highest BCUT2D eigenvalue weighted by Gasteiger charge is 2.16. The number of carbonyl (C=O) groups excluding carboxylic acids is 2. The monoisotopic (exact) mass is 313 g/mol. The number of hydrogen-bond donors (Lipinski definition) is 2. The highest BCUT2D eigenvalue weighted by molar-refractivity contribution is 6.09. The number of aromatic hydroxyl groups is 1. The van der Waals surface area contributed by atoms with Gasteiger partial charge in [0, 0.05) is 16.8 Å². The van der Waals surface area contributed by atoms with Crippen molar-refractivity contribution in [1.29, 1.82) is 0 Å². The molecule has 0 spiro atoms. The molecule has 2 aromatic rings. The maximum Gasteiger partial charge on any atom is 0.412 e. The lowest BCUT2D eigenvalue weighted by molar-refractivity contribution is 0.0636. The quantitative estimate of drug-likeness (QED) is 0.841. The molecule has 2 N–H and O–H groups in total. The minimum Gasteiger partial charge on any atom is -0.508 e. The van der Waals surface area contributed by atoms with Gasteiger partial charge in [0.05, 0.1) is 0 Å². The lowest BCUT2D eigenvalue weighted by Crippen LogP contribution is -2.27. The van der Waals surface area contributed by atoms with Gasteiger partial charge in [0.1, 0.15) is 11.4 Å². The Labute approximate surface area is 134 Å². The summed E-state index contributed by atoms with van der Waals surface area (Å²) in [6.45, 7) is 5.35. The van der Waals surface area contributed by atoms with Gasteiger partial charge in [0.2, 0.25) is 0 Å². The Hall–Kier alpha value is -2.82. The fourth-order valence-corrected chi connectivity index (χ4v) is 1.91. The number of phenols is 1. The molecule has 0 saturated heterocycles. The van der Waals surface area contributed by atoms with Crippen LogP contribution in [0.2, 0.25) is 0 Å². The minimum absolute atomic E-state index is 0.110. The average Bonchev–Trinajstić information content (AvgIpc) is 2.46. The number of benzene rings is 2. The van der Waals surface area contributed by atoms with Gasteiger partial charge in [-0.2, -0.15) is 0 Å². The summed E-state index contributed by atoms with van der Waals surface area (Å²) in [4.78, 5) is 24.0. The van der Waals surface area contributed by atoms with Crippen LogP contribution in [0.25, 0.3) is 0 Å². The first-order valence-electron chi connectivity index (χ1n) is 7.18. The number of anilines is 1. The summed E-state index contributed by atoms with van der Waals surface area (Å²) < 4.78 is 5.16. The van der Waals surface area contributed by atoms with Crippen LogP contribution in [0.4, 0.5) is 10.5 Å². The second-order valence-corrected chi connectivity index (χ2v) is 6.08. The van der Waals surface area contributed by atoms with Gasteiger partial charge in [0.25, 0.3) is 0 Å². The molecule has 5 nitrogen and oxygen atoms in total. The van der Waals surface area contributed by atoms with Gasteiger partial charge in [-0.15, -0.1) is 0 Å². The summed E-state index contributed by atoms with van der Waals surface area (Å²) in [7, 11) is 0. The zero-order chi connectivity index (χ0) is 17.0. The number of amides is 1. The number of carbonyl (C=O) groups is 2. The van der Waals surface area contributed by atoms with Gasteiger partial charge in [-0.05, 0) is 69.3 Å². The van der Waals surface area contributed by atoms with E-state index in [1.807, 2.05) is 0 Å². The van der Waals surface area contributed by atoms with Crippen molar-refractivity contribution >= 4 is 17.6 Å². The number of nitrogens with one attached hydrogen (secondary N) is 1.